The lowest BCUT2D eigenvalue weighted by Crippen LogP contribution is -2.22. The van der Waals surface area contributed by atoms with Crippen LogP contribution in [0, 0.1) is 17.7 Å². The maximum atomic E-state index is 14.9. The van der Waals surface area contributed by atoms with Crippen molar-refractivity contribution in [1.82, 2.24) is 9.88 Å². The molecule has 2 aromatic carbocycles. The number of rotatable bonds is 9. The van der Waals surface area contributed by atoms with Crippen molar-refractivity contribution in [3.05, 3.63) is 76.7 Å². The van der Waals surface area contributed by atoms with Crippen LogP contribution in [0.15, 0.2) is 48.7 Å². The zero-order valence-electron chi connectivity index (χ0n) is 23.3. The molecule has 6 nitrogen and oxygen atoms in total. The van der Waals surface area contributed by atoms with E-state index in [0.29, 0.717) is 17.4 Å². The Morgan fingerprint density at radius 1 is 1.10 bits per heavy atom. The number of nitrogens with zero attached hydrogens (tertiary/aromatic N) is 2. The van der Waals surface area contributed by atoms with E-state index in [0.717, 1.165) is 59.3 Å². The van der Waals surface area contributed by atoms with Gasteiger partial charge in [-0.2, -0.15) is 0 Å². The zero-order valence-corrected chi connectivity index (χ0v) is 23.3. The normalized spacial score (nSPS) is 19.1. The molecule has 3 aromatic rings. The smallest absolute Gasteiger partial charge is 0.306 e. The number of carboxylic acids is 1. The quantitative estimate of drug-likeness (QED) is 0.327. The monoisotopic (exact) mass is 532 g/mol. The Labute approximate surface area is 229 Å². The first kappa shape index (κ1) is 27.1. The number of methoxy groups -OCH3 is 1. The maximum Gasteiger partial charge on any atom is 0.306 e. The summed E-state index contributed by atoms with van der Waals surface area (Å²) in [5, 5.41) is 9.71. The van der Waals surface area contributed by atoms with Crippen molar-refractivity contribution in [2.24, 2.45) is 11.8 Å². The maximum absolute atomic E-state index is 14.9. The SMILES string of the molecule is COc1cc(-c2ccc([C@H]3CCc4ccc(C(C5CC5)[C@H](C)C(=O)O)cc4O3)cc2[C@@H](C)N(C)C)c(F)cn1. The third kappa shape index (κ3) is 5.50. The Bertz CT molecular complexity index is 1370. The van der Waals surface area contributed by atoms with Gasteiger partial charge in [0.2, 0.25) is 5.88 Å². The lowest BCUT2D eigenvalue weighted by molar-refractivity contribution is -0.142. The summed E-state index contributed by atoms with van der Waals surface area (Å²) in [6.45, 7) is 3.91. The molecule has 1 fully saturated rings. The van der Waals surface area contributed by atoms with E-state index in [-0.39, 0.29) is 18.1 Å². The molecule has 0 amide bonds. The molecule has 1 unspecified atom stereocenters. The first-order valence-corrected chi connectivity index (χ1v) is 13.7. The predicted octanol–water partition coefficient (Wildman–Crippen LogP) is 6.80. The van der Waals surface area contributed by atoms with Gasteiger partial charge in [0.1, 0.15) is 17.7 Å². The van der Waals surface area contributed by atoms with Gasteiger partial charge in [-0.1, -0.05) is 31.2 Å². The highest BCUT2D eigenvalue weighted by Crippen LogP contribution is 2.48. The molecule has 0 spiro atoms. The van der Waals surface area contributed by atoms with Crippen LogP contribution in [-0.2, 0) is 11.2 Å². The zero-order chi connectivity index (χ0) is 27.8. The van der Waals surface area contributed by atoms with Crippen molar-refractivity contribution in [1.29, 1.82) is 0 Å². The number of ether oxygens (including phenoxy) is 2. The topological polar surface area (TPSA) is 71.9 Å². The van der Waals surface area contributed by atoms with Gasteiger partial charge in [0.25, 0.3) is 0 Å². The van der Waals surface area contributed by atoms with Crippen LogP contribution in [0.4, 0.5) is 4.39 Å². The van der Waals surface area contributed by atoms with Crippen LogP contribution in [0.25, 0.3) is 11.1 Å². The Hall–Kier alpha value is -3.45. The fourth-order valence-corrected chi connectivity index (χ4v) is 5.79. The molecule has 1 saturated carbocycles. The number of benzene rings is 2. The fraction of sp³-hybridized carbons (Fsp3) is 0.438. The predicted molar refractivity (Wildman–Crippen MR) is 149 cm³/mol. The summed E-state index contributed by atoms with van der Waals surface area (Å²) in [5.41, 5.74) is 5.49. The molecule has 0 radical (unpaired) electrons. The molecule has 1 N–H and O–H groups in total. The molecular formula is C32H37FN2O4. The van der Waals surface area contributed by atoms with Gasteiger partial charge in [-0.3, -0.25) is 4.79 Å². The van der Waals surface area contributed by atoms with E-state index in [2.05, 4.69) is 41.1 Å². The van der Waals surface area contributed by atoms with Crippen LogP contribution in [-0.4, -0.2) is 42.2 Å². The summed E-state index contributed by atoms with van der Waals surface area (Å²) >= 11 is 0. The molecule has 39 heavy (non-hydrogen) atoms. The number of hydrogen-bond acceptors (Lipinski definition) is 5. The van der Waals surface area contributed by atoms with Crippen LogP contribution in [0.1, 0.15) is 73.4 Å². The average Bonchev–Trinajstić information content (AvgIpc) is 3.77. The van der Waals surface area contributed by atoms with Crippen LogP contribution < -0.4 is 9.47 Å². The highest BCUT2D eigenvalue weighted by Gasteiger charge is 2.39. The van der Waals surface area contributed by atoms with Gasteiger partial charge in [0.05, 0.1) is 19.2 Å². The minimum Gasteiger partial charge on any atom is -0.485 e. The number of carboxylic acid groups (broad SMARTS) is 1. The number of aryl methyl sites for hydroxylation is 1. The molecule has 1 aromatic heterocycles. The van der Waals surface area contributed by atoms with Gasteiger partial charge < -0.3 is 19.5 Å². The summed E-state index contributed by atoms with van der Waals surface area (Å²) in [5.74, 6) is 0.0251. The minimum atomic E-state index is -0.755. The summed E-state index contributed by atoms with van der Waals surface area (Å²) in [6, 6.07) is 14.0. The third-order valence-electron chi connectivity index (χ3n) is 8.48. The largest absolute Gasteiger partial charge is 0.485 e. The summed E-state index contributed by atoms with van der Waals surface area (Å²) in [7, 11) is 5.54. The molecule has 1 aliphatic carbocycles. The first-order valence-electron chi connectivity index (χ1n) is 13.7. The lowest BCUT2D eigenvalue weighted by Gasteiger charge is -2.30. The van der Waals surface area contributed by atoms with E-state index < -0.39 is 17.7 Å². The van der Waals surface area contributed by atoms with Gasteiger partial charge in [0, 0.05) is 17.7 Å². The highest BCUT2D eigenvalue weighted by molar-refractivity contribution is 5.71. The number of aliphatic carboxylic acids is 1. The van der Waals surface area contributed by atoms with Crippen molar-refractivity contribution >= 4 is 5.97 Å². The van der Waals surface area contributed by atoms with Crippen molar-refractivity contribution in [2.75, 3.05) is 21.2 Å². The van der Waals surface area contributed by atoms with E-state index in [1.165, 1.54) is 13.3 Å². The van der Waals surface area contributed by atoms with Crippen molar-refractivity contribution in [3.8, 4) is 22.8 Å². The number of hydrogen-bond donors (Lipinski definition) is 1. The van der Waals surface area contributed by atoms with Crippen LogP contribution in [0.5, 0.6) is 11.6 Å². The van der Waals surface area contributed by atoms with E-state index in [4.69, 9.17) is 9.47 Å². The molecule has 5 rings (SSSR count). The Morgan fingerprint density at radius 3 is 2.54 bits per heavy atom. The molecule has 4 atom stereocenters. The highest BCUT2D eigenvalue weighted by atomic mass is 19.1. The summed E-state index contributed by atoms with van der Waals surface area (Å²) in [4.78, 5) is 17.9. The standard InChI is InChI=1S/C32H37FN2O4/c1-18(32(36)37)31(21-7-8-21)23-9-6-20-11-13-28(39-29(20)15-23)22-10-12-24(25(14-22)19(2)35(3)4)26-16-30(38-5)34-17-27(26)33/h6,9-10,12,14-19,21,28,31H,7-8,11,13H2,1-5H3,(H,36,37)/t18-,19+,28+,31?/m0/s1. The van der Waals surface area contributed by atoms with E-state index in [1.54, 1.807) is 6.07 Å². The van der Waals surface area contributed by atoms with Crippen LogP contribution >= 0.6 is 0 Å². The molecule has 2 heterocycles. The second kappa shape index (κ2) is 11.0. The average molecular weight is 533 g/mol. The summed E-state index contributed by atoms with van der Waals surface area (Å²) in [6.07, 6.45) is 4.90. The molecule has 2 aliphatic rings. The van der Waals surface area contributed by atoms with Crippen molar-refractivity contribution in [2.45, 2.75) is 57.6 Å². The molecule has 7 heteroatoms. The third-order valence-corrected chi connectivity index (χ3v) is 8.48. The van der Waals surface area contributed by atoms with Crippen molar-refractivity contribution in [3.63, 3.8) is 0 Å². The van der Waals surface area contributed by atoms with E-state index in [1.807, 2.05) is 33.2 Å². The van der Waals surface area contributed by atoms with Gasteiger partial charge >= 0.3 is 5.97 Å². The molecule has 0 bridgehead atoms. The molecule has 0 saturated heterocycles. The Morgan fingerprint density at radius 2 is 1.87 bits per heavy atom. The van der Waals surface area contributed by atoms with Gasteiger partial charge in [-0.05, 0) is 98.5 Å². The molecule has 206 valence electrons. The number of halogens is 1. The summed E-state index contributed by atoms with van der Waals surface area (Å²) < 4.78 is 26.8. The van der Waals surface area contributed by atoms with E-state index in [9.17, 15) is 14.3 Å². The Balaban J connectivity index is 1.49. The van der Waals surface area contributed by atoms with Crippen molar-refractivity contribution < 1.29 is 23.8 Å². The van der Waals surface area contributed by atoms with E-state index >= 15 is 0 Å². The van der Waals surface area contributed by atoms with Crippen LogP contribution in [0.2, 0.25) is 0 Å². The molecule has 1 aliphatic heterocycles. The van der Waals surface area contributed by atoms with Gasteiger partial charge in [0.15, 0.2) is 0 Å². The van der Waals surface area contributed by atoms with Crippen LogP contribution in [0.3, 0.4) is 0 Å². The number of carbonyl (C=O) groups is 1. The van der Waals surface area contributed by atoms with Gasteiger partial charge in [-0.25, -0.2) is 9.37 Å². The Kier molecular flexibility index (Phi) is 7.63. The lowest BCUT2D eigenvalue weighted by atomic mass is 9.82. The van der Waals surface area contributed by atoms with Gasteiger partial charge in [-0.15, -0.1) is 0 Å². The number of pyridine rings is 1. The number of aromatic nitrogens is 1. The minimum absolute atomic E-state index is 0.00384. The fourth-order valence-electron chi connectivity index (χ4n) is 5.79. The first-order chi connectivity index (χ1) is 18.7. The number of fused-ring (bicyclic) bond motifs is 1. The second-order valence-corrected chi connectivity index (χ2v) is 11.2. The molecular weight excluding hydrogens is 495 g/mol. The second-order valence-electron chi connectivity index (χ2n) is 11.2.